The maximum Gasteiger partial charge on any atom is 0.288 e. The van der Waals surface area contributed by atoms with Crippen LogP contribution in [0.5, 0.6) is 5.75 Å². The molecule has 8 nitrogen and oxygen atoms in total. The van der Waals surface area contributed by atoms with Crippen molar-refractivity contribution in [2.75, 3.05) is 10.9 Å². The zero-order valence-corrected chi connectivity index (χ0v) is 17.8. The van der Waals surface area contributed by atoms with Crippen LogP contribution in [0.3, 0.4) is 0 Å². The van der Waals surface area contributed by atoms with E-state index in [2.05, 4.69) is 0 Å². The molecular weight excluding hydrogens is 444 g/mol. The molecule has 0 bridgehead atoms. The summed E-state index contributed by atoms with van der Waals surface area (Å²) in [5.41, 5.74) is -0.657. The van der Waals surface area contributed by atoms with Crippen molar-refractivity contribution in [3.63, 3.8) is 0 Å². The maximum atomic E-state index is 13.4. The minimum Gasteiger partial charge on any atom is -0.494 e. The van der Waals surface area contributed by atoms with E-state index in [0.717, 1.165) is 6.07 Å². The average Bonchev–Trinajstić information content (AvgIpc) is 2.76. The van der Waals surface area contributed by atoms with Gasteiger partial charge in [0.2, 0.25) is 0 Å². The van der Waals surface area contributed by atoms with E-state index in [1.165, 1.54) is 60.7 Å². The van der Waals surface area contributed by atoms with Crippen LogP contribution < -0.4 is 9.04 Å². The number of hydrogen-bond acceptors (Lipinski definition) is 6. The highest BCUT2D eigenvalue weighted by Gasteiger charge is 2.33. The zero-order valence-electron chi connectivity index (χ0n) is 16.3. The van der Waals surface area contributed by atoms with E-state index >= 15 is 0 Å². The first-order valence-electron chi connectivity index (χ1n) is 9.07. The molecule has 0 saturated heterocycles. The summed E-state index contributed by atoms with van der Waals surface area (Å²) in [5.74, 6) is -0.467. The molecule has 3 aromatic rings. The Hall–Kier alpha value is -3.43. The zero-order chi connectivity index (χ0) is 22.6. The number of rotatable bonds is 7. The molecule has 0 atom stereocenters. The van der Waals surface area contributed by atoms with E-state index < -0.39 is 26.5 Å². The lowest BCUT2D eigenvalue weighted by molar-refractivity contribution is -0.384. The molecule has 0 aliphatic rings. The van der Waals surface area contributed by atoms with Gasteiger partial charge in [0.15, 0.2) is 0 Å². The van der Waals surface area contributed by atoms with Crippen LogP contribution in [0, 0.1) is 10.1 Å². The third kappa shape index (κ3) is 4.68. The van der Waals surface area contributed by atoms with Gasteiger partial charge < -0.3 is 4.74 Å². The molecule has 0 radical (unpaired) electrons. The number of carbonyl (C=O) groups is 1. The Morgan fingerprint density at radius 1 is 1.06 bits per heavy atom. The Morgan fingerprint density at radius 3 is 2.29 bits per heavy atom. The maximum absolute atomic E-state index is 13.4. The second-order valence-electron chi connectivity index (χ2n) is 6.24. The number of nitro groups is 1. The summed E-state index contributed by atoms with van der Waals surface area (Å²) in [5, 5.41) is 11.1. The average molecular weight is 461 g/mol. The summed E-state index contributed by atoms with van der Waals surface area (Å²) >= 11 is 5.83. The predicted molar refractivity (Wildman–Crippen MR) is 116 cm³/mol. The highest BCUT2D eigenvalue weighted by Crippen LogP contribution is 2.30. The summed E-state index contributed by atoms with van der Waals surface area (Å²) < 4.78 is 32.7. The number of nitro benzene ring substituents is 1. The molecule has 0 fully saturated rings. The van der Waals surface area contributed by atoms with Gasteiger partial charge in [0.25, 0.3) is 21.6 Å². The fourth-order valence-corrected chi connectivity index (χ4v) is 4.43. The van der Waals surface area contributed by atoms with Gasteiger partial charge in [-0.1, -0.05) is 29.8 Å². The topological polar surface area (TPSA) is 107 Å². The second kappa shape index (κ2) is 9.15. The molecule has 0 spiro atoms. The molecule has 0 N–H and O–H groups in total. The molecule has 3 aromatic carbocycles. The summed E-state index contributed by atoms with van der Waals surface area (Å²) in [6.07, 6.45) is 0. The predicted octanol–water partition coefficient (Wildman–Crippen LogP) is 4.68. The molecular formula is C21H17ClN2O6S. The van der Waals surface area contributed by atoms with Gasteiger partial charge >= 0.3 is 0 Å². The van der Waals surface area contributed by atoms with Crippen LogP contribution in [0.1, 0.15) is 17.3 Å². The minimum atomic E-state index is -4.33. The summed E-state index contributed by atoms with van der Waals surface area (Å²) in [7, 11) is -4.33. The van der Waals surface area contributed by atoms with Crippen molar-refractivity contribution in [3.8, 4) is 5.75 Å². The fourth-order valence-electron chi connectivity index (χ4n) is 2.81. The van der Waals surface area contributed by atoms with Crippen molar-refractivity contribution in [2.45, 2.75) is 11.8 Å². The van der Waals surface area contributed by atoms with Crippen LogP contribution in [0.15, 0.2) is 77.7 Å². The van der Waals surface area contributed by atoms with E-state index in [1.807, 2.05) is 0 Å². The van der Waals surface area contributed by atoms with Crippen LogP contribution in [-0.2, 0) is 10.0 Å². The molecule has 0 unspecified atom stereocenters. The highest BCUT2D eigenvalue weighted by molar-refractivity contribution is 7.93. The summed E-state index contributed by atoms with van der Waals surface area (Å²) in [6, 6.07) is 16.7. The number of amides is 1. The van der Waals surface area contributed by atoms with Gasteiger partial charge in [-0.15, -0.1) is 0 Å². The van der Waals surface area contributed by atoms with Gasteiger partial charge in [0.1, 0.15) is 10.8 Å². The van der Waals surface area contributed by atoms with Crippen LogP contribution in [0.25, 0.3) is 0 Å². The molecule has 0 saturated carbocycles. The van der Waals surface area contributed by atoms with Gasteiger partial charge in [-0.3, -0.25) is 14.9 Å². The number of anilines is 1. The first kappa shape index (κ1) is 22.3. The van der Waals surface area contributed by atoms with E-state index in [-0.39, 0.29) is 21.2 Å². The molecule has 0 heterocycles. The van der Waals surface area contributed by atoms with Crippen LogP contribution in [0.4, 0.5) is 11.4 Å². The quantitative estimate of drug-likeness (QED) is 0.374. The number of ether oxygens (including phenoxy) is 1. The molecule has 31 heavy (non-hydrogen) atoms. The van der Waals surface area contributed by atoms with Crippen molar-refractivity contribution in [3.05, 3.63) is 93.5 Å². The lowest BCUT2D eigenvalue weighted by Gasteiger charge is -2.23. The van der Waals surface area contributed by atoms with Gasteiger partial charge in [-0.2, -0.15) is 4.31 Å². The van der Waals surface area contributed by atoms with E-state index in [1.54, 1.807) is 13.0 Å². The molecule has 10 heteroatoms. The van der Waals surface area contributed by atoms with Crippen LogP contribution >= 0.6 is 11.6 Å². The Bertz CT molecular complexity index is 1210. The third-order valence-electron chi connectivity index (χ3n) is 4.24. The van der Waals surface area contributed by atoms with Crippen molar-refractivity contribution in [1.29, 1.82) is 0 Å². The van der Waals surface area contributed by atoms with E-state index in [4.69, 9.17) is 16.3 Å². The van der Waals surface area contributed by atoms with Gasteiger partial charge in [0, 0.05) is 11.6 Å². The second-order valence-corrected chi connectivity index (χ2v) is 8.43. The number of carbonyl (C=O) groups excluding carboxylic acids is 1. The number of hydrogen-bond donors (Lipinski definition) is 0. The minimum absolute atomic E-state index is 0.0508. The molecule has 0 aliphatic carbocycles. The van der Waals surface area contributed by atoms with E-state index in [0.29, 0.717) is 16.7 Å². The monoisotopic (exact) mass is 460 g/mol. The van der Waals surface area contributed by atoms with Crippen LogP contribution in [-0.4, -0.2) is 25.9 Å². The fraction of sp³-hybridized carbons (Fsp3) is 0.0952. The van der Waals surface area contributed by atoms with E-state index in [9.17, 15) is 23.3 Å². The van der Waals surface area contributed by atoms with Crippen molar-refractivity contribution in [1.82, 2.24) is 0 Å². The summed E-state index contributed by atoms with van der Waals surface area (Å²) in [6.45, 7) is 2.22. The number of benzene rings is 3. The summed E-state index contributed by atoms with van der Waals surface area (Å²) in [4.78, 5) is 23.7. The Labute approximate surface area is 183 Å². The first-order chi connectivity index (χ1) is 14.8. The van der Waals surface area contributed by atoms with Gasteiger partial charge in [-0.05, 0) is 55.5 Å². The Kier molecular flexibility index (Phi) is 6.57. The van der Waals surface area contributed by atoms with Gasteiger partial charge in [-0.25, -0.2) is 8.42 Å². The SMILES string of the molecule is CCOc1ccc(N(C(=O)c2ccc(Cl)c([N+](=O)[O-])c2)S(=O)(=O)c2ccccc2)cc1. The third-order valence-corrected chi connectivity index (χ3v) is 6.28. The van der Waals surface area contributed by atoms with Crippen molar-refractivity contribution in [2.24, 2.45) is 0 Å². The first-order valence-corrected chi connectivity index (χ1v) is 10.9. The Balaban J connectivity index is 2.15. The van der Waals surface area contributed by atoms with Crippen molar-refractivity contribution >= 4 is 38.9 Å². The Morgan fingerprint density at radius 2 is 1.71 bits per heavy atom. The molecule has 1 amide bonds. The van der Waals surface area contributed by atoms with Crippen molar-refractivity contribution < 1.29 is 22.9 Å². The molecule has 3 rings (SSSR count). The smallest absolute Gasteiger partial charge is 0.288 e. The lowest BCUT2D eigenvalue weighted by atomic mass is 10.2. The van der Waals surface area contributed by atoms with Gasteiger partial charge in [0.05, 0.1) is 22.1 Å². The normalized spacial score (nSPS) is 11.0. The molecule has 160 valence electrons. The largest absolute Gasteiger partial charge is 0.494 e. The standard InChI is InChI=1S/C21H17ClN2O6S/c1-2-30-17-11-9-16(10-12-17)23(31(28,29)18-6-4-3-5-7-18)21(25)15-8-13-19(22)20(14-15)24(26)27/h3-14H,2H2,1H3. The number of nitrogens with zero attached hydrogens (tertiary/aromatic N) is 2. The molecule has 0 aliphatic heterocycles. The molecule has 0 aromatic heterocycles. The highest BCUT2D eigenvalue weighted by atomic mass is 35.5. The number of sulfonamides is 1. The number of halogens is 1. The lowest BCUT2D eigenvalue weighted by Crippen LogP contribution is -2.37. The van der Waals surface area contributed by atoms with Crippen LogP contribution in [0.2, 0.25) is 5.02 Å².